The fourth-order valence-electron chi connectivity index (χ4n) is 4.61. The summed E-state index contributed by atoms with van der Waals surface area (Å²) in [6, 6.07) is 13.5. The molecule has 1 heterocycles. The number of hydrogen-bond donors (Lipinski definition) is 5. The molecular formula is C33H32N3NaO12S. The molecule has 0 unspecified atom stereocenters. The average molecular weight is 718 g/mol. The number of phenols is 1. The first-order chi connectivity index (χ1) is 23.5. The average Bonchev–Trinajstić information content (AvgIpc) is 3.06. The minimum Gasteiger partial charge on any atom is -0.545 e. The van der Waals surface area contributed by atoms with E-state index < -0.39 is 17.8 Å². The van der Waals surface area contributed by atoms with Crippen LogP contribution in [0.2, 0.25) is 0 Å². The Morgan fingerprint density at radius 3 is 2.28 bits per heavy atom. The number of anilines is 1. The summed E-state index contributed by atoms with van der Waals surface area (Å²) < 4.78 is 22.0. The zero-order valence-corrected chi connectivity index (χ0v) is 29.7. The van der Waals surface area contributed by atoms with Crippen LogP contribution >= 0.6 is 12.2 Å². The number of carboxylic acid groups (broad SMARTS) is 2. The van der Waals surface area contributed by atoms with E-state index >= 15 is 0 Å². The van der Waals surface area contributed by atoms with E-state index in [1.165, 1.54) is 30.3 Å². The Balaban J connectivity index is 0.00000676. The Morgan fingerprint density at radius 1 is 0.900 bits per heavy atom. The van der Waals surface area contributed by atoms with Crippen molar-refractivity contribution in [1.82, 2.24) is 10.4 Å². The third-order valence-corrected chi connectivity index (χ3v) is 7.04. The molecule has 5 N–H and O–H groups in total. The maximum Gasteiger partial charge on any atom is 1.00 e. The van der Waals surface area contributed by atoms with Gasteiger partial charge in [0.05, 0.1) is 57.7 Å². The van der Waals surface area contributed by atoms with Crippen molar-refractivity contribution < 1.29 is 83.1 Å². The summed E-state index contributed by atoms with van der Waals surface area (Å²) >= 11 is 5.35. The van der Waals surface area contributed by atoms with E-state index in [-0.39, 0.29) is 95.7 Å². The van der Waals surface area contributed by atoms with Crippen LogP contribution in [0.4, 0.5) is 5.69 Å². The van der Waals surface area contributed by atoms with Crippen molar-refractivity contribution in [1.29, 1.82) is 0 Å². The minimum absolute atomic E-state index is 0. The molecule has 0 radical (unpaired) electrons. The number of carbonyl (C=O) groups excluding carboxylic acids is 2. The molecule has 2 aromatic carbocycles. The van der Waals surface area contributed by atoms with Gasteiger partial charge in [-0.15, -0.1) is 0 Å². The third-order valence-electron chi connectivity index (χ3n) is 6.79. The van der Waals surface area contributed by atoms with Crippen molar-refractivity contribution in [3.63, 3.8) is 0 Å². The molecule has 1 amide bonds. The topological polar surface area (TPSA) is 220 Å². The minimum atomic E-state index is -1.55. The number of hydroxylamine groups is 2. The van der Waals surface area contributed by atoms with Crippen LogP contribution in [0.3, 0.4) is 0 Å². The van der Waals surface area contributed by atoms with Crippen molar-refractivity contribution in [3.8, 4) is 28.2 Å². The molecule has 0 bridgehead atoms. The molecule has 0 atom stereocenters. The summed E-state index contributed by atoms with van der Waals surface area (Å²) in [7, 11) is 0. The Hall–Kier alpha value is -4.39. The summed E-state index contributed by atoms with van der Waals surface area (Å²) in [5.41, 5.74) is 1.84. The number of phenolic OH excluding ortho intramolecular Hbond substituents is 1. The largest absolute Gasteiger partial charge is 1.00 e. The number of aromatic carboxylic acids is 1. The smallest absolute Gasteiger partial charge is 0.545 e. The van der Waals surface area contributed by atoms with Gasteiger partial charge in [0, 0.05) is 47.0 Å². The summed E-state index contributed by atoms with van der Waals surface area (Å²) in [5.74, 6) is -3.45. The van der Waals surface area contributed by atoms with Gasteiger partial charge in [-0.25, -0.2) is 9.86 Å². The Bertz CT molecular complexity index is 1880. The van der Waals surface area contributed by atoms with Gasteiger partial charge in [0.2, 0.25) is 0 Å². The number of ether oxygens (including phenoxy) is 3. The second-order valence-corrected chi connectivity index (χ2v) is 10.6. The van der Waals surface area contributed by atoms with Crippen molar-refractivity contribution in [2.24, 2.45) is 0 Å². The molecular weight excluding hydrogens is 685 g/mol. The number of carbonyl (C=O) groups is 3. The Kier molecular flexibility index (Phi) is 15.8. The van der Waals surface area contributed by atoms with Gasteiger partial charge < -0.3 is 49.4 Å². The van der Waals surface area contributed by atoms with E-state index in [1.54, 1.807) is 24.3 Å². The number of carboxylic acids is 2. The number of nitrogens with zero attached hydrogens (tertiary/aromatic N) is 1. The van der Waals surface area contributed by atoms with E-state index in [1.807, 2.05) is 0 Å². The predicted molar refractivity (Wildman–Crippen MR) is 177 cm³/mol. The first-order valence-electron chi connectivity index (χ1n) is 14.8. The van der Waals surface area contributed by atoms with Crippen molar-refractivity contribution in [2.75, 3.05) is 58.0 Å². The van der Waals surface area contributed by atoms with Crippen LogP contribution in [-0.2, 0) is 23.8 Å². The molecule has 50 heavy (non-hydrogen) atoms. The van der Waals surface area contributed by atoms with Crippen LogP contribution in [0.25, 0.3) is 33.4 Å². The normalized spacial score (nSPS) is 11.0. The van der Waals surface area contributed by atoms with Crippen LogP contribution in [0, 0.1) is 0 Å². The van der Waals surface area contributed by atoms with E-state index in [4.69, 9.17) is 30.8 Å². The number of aliphatic carboxylic acids is 1. The maximum absolute atomic E-state index is 12.4. The molecule has 1 aliphatic carbocycles. The first-order valence-corrected chi connectivity index (χ1v) is 15.2. The number of hydrogen-bond acceptors (Lipinski definition) is 12. The number of nitrogens with one attached hydrogen (secondary N) is 2. The zero-order valence-electron chi connectivity index (χ0n) is 26.9. The number of thiocarbonyl (C=S) groups is 1. The van der Waals surface area contributed by atoms with Gasteiger partial charge in [0.25, 0.3) is 5.91 Å². The fraction of sp³-hybridized carbons (Fsp3) is 0.242. The molecule has 0 aromatic heterocycles. The summed E-state index contributed by atoms with van der Waals surface area (Å²) in [5, 5.41) is 46.9. The van der Waals surface area contributed by atoms with Gasteiger partial charge in [-0.3, -0.25) is 14.8 Å². The molecule has 0 saturated heterocycles. The molecule has 1 aliphatic heterocycles. The van der Waals surface area contributed by atoms with Crippen LogP contribution in [0.5, 0.6) is 5.75 Å². The van der Waals surface area contributed by atoms with Gasteiger partial charge in [-0.05, 0) is 60.3 Å². The van der Waals surface area contributed by atoms with E-state index in [0.717, 1.165) is 0 Å². The van der Waals surface area contributed by atoms with Crippen LogP contribution < -0.4 is 50.7 Å². The quantitative estimate of drug-likeness (QED) is 0.0165. The standard InChI is InChI=1S/C33H33N3O12S.Na/c37-21-2-5-24-27(18-21)48-28-19-22(38)3-6-25(28)31(24)23-4-1-20(17-26(23)32(42)43)35-33(49)34-9-11-45-13-15-47-16-14-46-12-10-36(44)29(39)7-8-30(40)41;/h1-8,17-19,37,44H,9-16H2,(H,40,41)(H,42,43)(H2,34,35,49);/q;+1/p-1/b8-7+;. The Morgan fingerprint density at radius 2 is 1.58 bits per heavy atom. The van der Waals surface area contributed by atoms with Crippen molar-refractivity contribution in [2.45, 2.75) is 0 Å². The molecule has 2 aliphatic rings. The third kappa shape index (κ3) is 11.6. The van der Waals surface area contributed by atoms with Gasteiger partial charge in [-0.1, -0.05) is 6.07 Å². The van der Waals surface area contributed by atoms with Gasteiger partial charge >= 0.3 is 35.5 Å². The van der Waals surface area contributed by atoms with Gasteiger partial charge in [0.1, 0.15) is 17.1 Å². The summed E-state index contributed by atoms with van der Waals surface area (Å²) in [4.78, 5) is 46.1. The van der Waals surface area contributed by atoms with Crippen molar-refractivity contribution in [3.05, 3.63) is 82.5 Å². The maximum atomic E-state index is 12.4. The number of amides is 1. The van der Waals surface area contributed by atoms with E-state index in [9.17, 15) is 39.7 Å². The Labute approximate surface area is 312 Å². The first kappa shape index (κ1) is 40.0. The molecule has 0 spiro atoms. The zero-order chi connectivity index (χ0) is 35.3. The summed E-state index contributed by atoms with van der Waals surface area (Å²) in [6.07, 6.45) is 1.18. The number of benzene rings is 3. The predicted octanol–water partition coefficient (Wildman–Crippen LogP) is -1.17. The molecule has 0 saturated carbocycles. The van der Waals surface area contributed by atoms with Crippen LogP contribution in [-0.4, -0.2) is 96.2 Å². The molecule has 0 fully saturated rings. The fourth-order valence-corrected chi connectivity index (χ4v) is 4.83. The number of fused-ring (bicyclic) bond motifs is 2. The van der Waals surface area contributed by atoms with E-state index in [2.05, 4.69) is 10.6 Å². The molecule has 17 heteroatoms. The molecule has 4 rings (SSSR count). The number of aromatic hydroxyl groups is 1. The molecule has 15 nitrogen and oxygen atoms in total. The van der Waals surface area contributed by atoms with Gasteiger partial charge in [0.15, 0.2) is 10.5 Å². The molecule has 258 valence electrons. The van der Waals surface area contributed by atoms with Crippen molar-refractivity contribution >= 4 is 51.8 Å². The second kappa shape index (κ2) is 19.7. The van der Waals surface area contributed by atoms with Crippen LogP contribution in [0.15, 0.2) is 76.0 Å². The summed E-state index contributed by atoms with van der Waals surface area (Å²) in [6.45, 7) is 1.52. The second-order valence-electron chi connectivity index (χ2n) is 10.2. The number of rotatable bonds is 17. The molecule has 2 aromatic rings. The van der Waals surface area contributed by atoms with Gasteiger partial charge in [-0.2, -0.15) is 0 Å². The van der Waals surface area contributed by atoms with E-state index in [0.29, 0.717) is 64.7 Å². The monoisotopic (exact) mass is 717 g/mol. The SMILES string of the molecule is O=C([O-])/C=C/C(=O)N(O)CCOCCOCCOCCNC(=S)Nc1ccc(-c2c3ccc(=O)cc-3oc3cc(O)ccc23)c(C(=O)O)c1.[Na+]. The van der Waals surface area contributed by atoms with Crippen LogP contribution in [0.1, 0.15) is 10.4 Å².